The summed E-state index contributed by atoms with van der Waals surface area (Å²) in [6.45, 7) is 3.85. The molecule has 2 unspecified atom stereocenters. The highest BCUT2D eigenvalue weighted by atomic mass is 16.5. The predicted molar refractivity (Wildman–Crippen MR) is 74.7 cm³/mol. The number of ether oxygens (including phenoxy) is 2. The Kier molecular flexibility index (Phi) is 5.05. The minimum atomic E-state index is 0.175. The van der Waals surface area contributed by atoms with E-state index < -0.39 is 0 Å². The van der Waals surface area contributed by atoms with Gasteiger partial charge >= 0.3 is 0 Å². The van der Waals surface area contributed by atoms with Crippen molar-refractivity contribution in [2.75, 3.05) is 20.3 Å². The first-order valence-corrected chi connectivity index (χ1v) is 6.92. The molecule has 1 heterocycles. The van der Waals surface area contributed by atoms with Gasteiger partial charge in [-0.3, -0.25) is 0 Å². The van der Waals surface area contributed by atoms with Gasteiger partial charge < -0.3 is 19.9 Å². The largest absolute Gasteiger partial charge is 0.504 e. The van der Waals surface area contributed by atoms with Crippen LogP contribution in [0.4, 0.5) is 0 Å². The molecule has 19 heavy (non-hydrogen) atoms. The molecule has 4 nitrogen and oxygen atoms in total. The van der Waals surface area contributed by atoms with Gasteiger partial charge in [0.1, 0.15) is 0 Å². The van der Waals surface area contributed by atoms with Gasteiger partial charge in [-0.05, 0) is 43.9 Å². The minimum Gasteiger partial charge on any atom is -0.504 e. The molecule has 1 saturated heterocycles. The van der Waals surface area contributed by atoms with Crippen LogP contribution in [0.3, 0.4) is 0 Å². The number of nitrogens with one attached hydrogen (secondary N) is 1. The zero-order chi connectivity index (χ0) is 13.7. The number of phenols is 1. The Morgan fingerprint density at radius 2 is 2.32 bits per heavy atom. The maximum absolute atomic E-state index is 9.59. The summed E-state index contributed by atoms with van der Waals surface area (Å²) in [7, 11) is 1.56. The summed E-state index contributed by atoms with van der Waals surface area (Å²) in [6.07, 6.45) is 3.91. The van der Waals surface area contributed by atoms with Crippen LogP contribution in [0.2, 0.25) is 0 Å². The average molecular weight is 265 g/mol. The fourth-order valence-corrected chi connectivity index (χ4v) is 2.36. The number of rotatable bonds is 5. The number of benzene rings is 1. The first-order valence-electron chi connectivity index (χ1n) is 6.92. The van der Waals surface area contributed by atoms with E-state index in [2.05, 4.69) is 12.2 Å². The fraction of sp³-hybridized carbons (Fsp3) is 0.600. The van der Waals surface area contributed by atoms with Crippen molar-refractivity contribution in [2.24, 2.45) is 0 Å². The third-order valence-corrected chi connectivity index (χ3v) is 3.63. The molecule has 0 spiro atoms. The van der Waals surface area contributed by atoms with Gasteiger partial charge in [-0.2, -0.15) is 0 Å². The molecule has 1 aromatic rings. The van der Waals surface area contributed by atoms with E-state index in [1.54, 1.807) is 13.2 Å². The van der Waals surface area contributed by atoms with E-state index in [1.165, 1.54) is 12.8 Å². The molecule has 1 aliphatic heterocycles. The highest BCUT2D eigenvalue weighted by molar-refractivity contribution is 5.42. The van der Waals surface area contributed by atoms with Crippen molar-refractivity contribution in [3.8, 4) is 11.5 Å². The highest BCUT2D eigenvalue weighted by Gasteiger charge is 2.15. The summed E-state index contributed by atoms with van der Waals surface area (Å²) >= 11 is 0. The summed E-state index contributed by atoms with van der Waals surface area (Å²) in [4.78, 5) is 0. The Labute approximate surface area is 114 Å². The second kappa shape index (κ2) is 6.78. The lowest BCUT2D eigenvalue weighted by Crippen LogP contribution is -2.33. The molecule has 0 aliphatic carbocycles. The van der Waals surface area contributed by atoms with Gasteiger partial charge in [0, 0.05) is 19.2 Å². The van der Waals surface area contributed by atoms with Gasteiger partial charge in [0.05, 0.1) is 13.2 Å². The van der Waals surface area contributed by atoms with Gasteiger partial charge in [0.15, 0.2) is 11.5 Å². The molecule has 0 saturated carbocycles. The number of methoxy groups -OCH3 is 1. The topological polar surface area (TPSA) is 50.7 Å². The van der Waals surface area contributed by atoms with Crippen LogP contribution < -0.4 is 10.1 Å². The molecular formula is C15H23NO3. The van der Waals surface area contributed by atoms with Gasteiger partial charge in [-0.1, -0.05) is 6.07 Å². The average Bonchev–Trinajstić information content (AvgIpc) is 2.46. The molecule has 0 radical (unpaired) electrons. The minimum absolute atomic E-state index is 0.175. The van der Waals surface area contributed by atoms with E-state index in [1.807, 2.05) is 12.1 Å². The molecule has 1 aliphatic rings. The quantitative estimate of drug-likeness (QED) is 0.859. The fourth-order valence-electron chi connectivity index (χ4n) is 2.36. The molecule has 2 atom stereocenters. The molecule has 1 fully saturated rings. The van der Waals surface area contributed by atoms with Crippen molar-refractivity contribution in [1.29, 1.82) is 0 Å². The van der Waals surface area contributed by atoms with Gasteiger partial charge in [-0.15, -0.1) is 0 Å². The van der Waals surface area contributed by atoms with Crippen LogP contribution in [0.5, 0.6) is 11.5 Å². The predicted octanol–water partition coefficient (Wildman–Crippen LogP) is 2.62. The number of hydrogen-bond donors (Lipinski definition) is 2. The Balaban J connectivity index is 1.89. The van der Waals surface area contributed by atoms with E-state index in [-0.39, 0.29) is 11.8 Å². The van der Waals surface area contributed by atoms with Gasteiger partial charge in [-0.25, -0.2) is 0 Å². The third kappa shape index (κ3) is 3.85. The van der Waals surface area contributed by atoms with Crippen molar-refractivity contribution in [1.82, 2.24) is 5.32 Å². The Morgan fingerprint density at radius 1 is 1.47 bits per heavy atom. The van der Waals surface area contributed by atoms with Crippen LogP contribution >= 0.6 is 0 Å². The molecule has 0 aromatic heterocycles. The summed E-state index contributed by atoms with van der Waals surface area (Å²) < 4.78 is 10.8. The first-order chi connectivity index (χ1) is 9.20. The summed E-state index contributed by atoms with van der Waals surface area (Å²) in [5, 5.41) is 13.1. The number of aromatic hydroxyl groups is 1. The van der Waals surface area contributed by atoms with E-state index in [9.17, 15) is 5.11 Å². The molecule has 106 valence electrons. The van der Waals surface area contributed by atoms with Crippen molar-refractivity contribution in [3.63, 3.8) is 0 Å². The maximum Gasteiger partial charge on any atom is 0.160 e. The molecular weight excluding hydrogens is 242 g/mol. The number of phenolic OH excluding ortho intramolecular Hbond substituents is 1. The Hall–Kier alpha value is -1.26. The Morgan fingerprint density at radius 3 is 3.00 bits per heavy atom. The zero-order valence-electron chi connectivity index (χ0n) is 11.7. The molecule has 0 bridgehead atoms. The SMILES string of the molecule is COc1cc(C(C)NCC2CCCCO2)ccc1O. The summed E-state index contributed by atoms with van der Waals surface area (Å²) in [5.41, 5.74) is 1.10. The van der Waals surface area contributed by atoms with Crippen LogP contribution in [0.15, 0.2) is 18.2 Å². The molecule has 4 heteroatoms. The smallest absolute Gasteiger partial charge is 0.160 e. The van der Waals surface area contributed by atoms with Crippen LogP contribution in [0, 0.1) is 0 Å². The van der Waals surface area contributed by atoms with Crippen molar-refractivity contribution < 1.29 is 14.6 Å². The molecule has 2 rings (SSSR count). The van der Waals surface area contributed by atoms with Crippen molar-refractivity contribution in [2.45, 2.75) is 38.3 Å². The standard InChI is InChI=1S/C15H23NO3/c1-11(16-10-13-5-3-4-8-19-13)12-6-7-14(17)15(9-12)18-2/h6-7,9,11,13,16-17H,3-5,8,10H2,1-2H3. The van der Waals surface area contributed by atoms with Crippen molar-refractivity contribution >= 4 is 0 Å². The third-order valence-electron chi connectivity index (χ3n) is 3.63. The van der Waals surface area contributed by atoms with Crippen LogP contribution in [-0.2, 0) is 4.74 Å². The highest BCUT2D eigenvalue weighted by Crippen LogP contribution is 2.28. The van der Waals surface area contributed by atoms with Crippen LogP contribution in [0.25, 0.3) is 0 Å². The number of hydrogen-bond acceptors (Lipinski definition) is 4. The first kappa shape index (κ1) is 14.2. The van der Waals surface area contributed by atoms with E-state index in [0.29, 0.717) is 11.9 Å². The second-order valence-electron chi connectivity index (χ2n) is 5.05. The normalized spacial score (nSPS) is 21.1. The van der Waals surface area contributed by atoms with E-state index in [0.717, 1.165) is 25.1 Å². The Bertz CT molecular complexity index is 402. The second-order valence-corrected chi connectivity index (χ2v) is 5.05. The zero-order valence-corrected chi connectivity index (χ0v) is 11.7. The molecule has 1 aromatic carbocycles. The van der Waals surface area contributed by atoms with Crippen LogP contribution in [-0.4, -0.2) is 31.5 Å². The lowest BCUT2D eigenvalue weighted by molar-refractivity contribution is 0.0156. The van der Waals surface area contributed by atoms with E-state index >= 15 is 0 Å². The monoisotopic (exact) mass is 265 g/mol. The van der Waals surface area contributed by atoms with Gasteiger partial charge in [0.2, 0.25) is 0 Å². The van der Waals surface area contributed by atoms with Crippen molar-refractivity contribution in [3.05, 3.63) is 23.8 Å². The summed E-state index contributed by atoms with van der Waals surface area (Å²) in [6, 6.07) is 5.66. The lowest BCUT2D eigenvalue weighted by atomic mass is 10.1. The lowest BCUT2D eigenvalue weighted by Gasteiger charge is -2.25. The van der Waals surface area contributed by atoms with Crippen LogP contribution in [0.1, 0.15) is 37.8 Å². The van der Waals surface area contributed by atoms with Gasteiger partial charge in [0.25, 0.3) is 0 Å². The maximum atomic E-state index is 9.59. The molecule has 2 N–H and O–H groups in total. The molecule has 0 amide bonds. The summed E-state index contributed by atoms with van der Waals surface area (Å²) in [5.74, 6) is 0.689. The van der Waals surface area contributed by atoms with E-state index in [4.69, 9.17) is 9.47 Å².